The Labute approximate surface area is 169 Å². The van der Waals surface area contributed by atoms with Crippen molar-refractivity contribution in [2.24, 2.45) is 5.10 Å². The van der Waals surface area contributed by atoms with E-state index >= 15 is 0 Å². The number of benzene rings is 2. The maximum absolute atomic E-state index is 12.1. The number of hydrogen-bond donors (Lipinski definition) is 1. The monoisotopic (exact) mass is 417 g/mol. The van der Waals surface area contributed by atoms with E-state index in [0.29, 0.717) is 27.7 Å². The van der Waals surface area contributed by atoms with Gasteiger partial charge in [0.1, 0.15) is 11.5 Å². The minimum Gasteiger partial charge on any atom is -0.455 e. The van der Waals surface area contributed by atoms with Gasteiger partial charge in [-0.25, -0.2) is 5.43 Å². The van der Waals surface area contributed by atoms with Crippen LogP contribution in [0.25, 0.3) is 11.3 Å². The van der Waals surface area contributed by atoms with Gasteiger partial charge in [-0.1, -0.05) is 35.3 Å². The first-order chi connectivity index (χ1) is 13.4. The molecule has 0 saturated carbocycles. The summed E-state index contributed by atoms with van der Waals surface area (Å²) in [6.45, 7) is 1.65. The maximum Gasteiger partial charge on any atom is 0.273 e. The summed E-state index contributed by atoms with van der Waals surface area (Å²) in [6.07, 6.45) is 1.32. The van der Waals surface area contributed by atoms with E-state index in [0.717, 1.165) is 0 Å². The molecular weight excluding hydrogens is 405 g/mol. The minimum atomic E-state index is -0.501. The van der Waals surface area contributed by atoms with Crippen LogP contribution in [-0.4, -0.2) is 17.0 Å². The first-order valence-corrected chi connectivity index (χ1v) is 8.75. The second-order valence-corrected chi connectivity index (χ2v) is 6.58. The van der Waals surface area contributed by atoms with E-state index in [2.05, 4.69) is 10.5 Å². The Bertz CT molecular complexity index is 1090. The Kier molecular flexibility index (Phi) is 5.77. The highest BCUT2D eigenvalue weighted by atomic mass is 35.5. The second-order valence-electron chi connectivity index (χ2n) is 5.73. The van der Waals surface area contributed by atoms with E-state index in [4.69, 9.17) is 27.6 Å². The molecule has 0 aliphatic rings. The number of nitrogens with one attached hydrogen (secondary N) is 1. The zero-order valence-electron chi connectivity index (χ0n) is 14.5. The van der Waals surface area contributed by atoms with Gasteiger partial charge in [-0.15, -0.1) is 0 Å². The molecule has 0 aliphatic heterocycles. The van der Waals surface area contributed by atoms with Crippen LogP contribution < -0.4 is 5.43 Å². The Morgan fingerprint density at radius 3 is 2.71 bits per heavy atom. The average molecular weight is 418 g/mol. The van der Waals surface area contributed by atoms with Crippen LogP contribution in [0.5, 0.6) is 0 Å². The molecule has 0 spiro atoms. The molecule has 0 unspecified atom stereocenters. The van der Waals surface area contributed by atoms with E-state index in [-0.39, 0.29) is 16.3 Å². The average Bonchev–Trinajstić information content (AvgIpc) is 3.10. The zero-order chi connectivity index (χ0) is 20.3. The van der Waals surface area contributed by atoms with Crippen molar-refractivity contribution in [3.05, 3.63) is 85.6 Å². The van der Waals surface area contributed by atoms with E-state index in [9.17, 15) is 14.9 Å². The molecule has 0 saturated heterocycles. The third-order valence-corrected chi connectivity index (χ3v) is 4.48. The third kappa shape index (κ3) is 4.21. The number of hydrazone groups is 1. The van der Waals surface area contributed by atoms with Crippen LogP contribution in [0.1, 0.15) is 21.7 Å². The number of carbonyl (C=O) groups excluding carboxylic acids is 1. The minimum absolute atomic E-state index is 0.0104. The fourth-order valence-electron chi connectivity index (χ4n) is 2.54. The number of nitro benzene ring substituents is 1. The number of carbonyl (C=O) groups is 1. The van der Waals surface area contributed by atoms with Crippen molar-refractivity contribution in [1.82, 2.24) is 5.43 Å². The predicted molar refractivity (Wildman–Crippen MR) is 107 cm³/mol. The summed E-state index contributed by atoms with van der Waals surface area (Å²) < 4.78 is 5.65. The van der Waals surface area contributed by atoms with Gasteiger partial charge >= 0.3 is 0 Å². The van der Waals surface area contributed by atoms with Gasteiger partial charge in [0, 0.05) is 22.2 Å². The molecule has 2 aromatic carbocycles. The van der Waals surface area contributed by atoms with Crippen molar-refractivity contribution < 1.29 is 14.1 Å². The summed E-state index contributed by atoms with van der Waals surface area (Å²) in [5, 5.41) is 15.5. The van der Waals surface area contributed by atoms with Gasteiger partial charge in [0.25, 0.3) is 11.6 Å². The van der Waals surface area contributed by atoms with Crippen molar-refractivity contribution in [1.29, 1.82) is 0 Å². The lowest BCUT2D eigenvalue weighted by Crippen LogP contribution is -2.17. The first kappa shape index (κ1) is 19.6. The molecular formula is C19H13Cl2N3O4. The van der Waals surface area contributed by atoms with Crippen molar-refractivity contribution in [2.45, 2.75) is 6.92 Å². The van der Waals surface area contributed by atoms with Gasteiger partial charge in [0.2, 0.25) is 0 Å². The Hall–Kier alpha value is -3.16. The lowest BCUT2D eigenvalue weighted by Gasteiger charge is -2.03. The molecule has 1 N–H and O–H groups in total. The van der Waals surface area contributed by atoms with Gasteiger partial charge in [-0.2, -0.15) is 5.10 Å². The molecule has 0 aliphatic carbocycles. The molecule has 142 valence electrons. The summed E-state index contributed by atoms with van der Waals surface area (Å²) in [6, 6.07) is 12.6. The fourth-order valence-corrected chi connectivity index (χ4v) is 3.04. The number of hydrogen-bond acceptors (Lipinski definition) is 5. The second kappa shape index (κ2) is 8.24. The Morgan fingerprint density at radius 1 is 1.21 bits per heavy atom. The van der Waals surface area contributed by atoms with E-state index < -0.39 is 10.8 Å². The van der Waals surface area contributed by atoms with Crippen LogP contribution in [-0.2, 0) is 0 Å². The van der Waals surface area contributed by atoms with Crippen molar-refractivity contribution in [2.75, 3.05) is 0 Å². The molecule has 3 aromatic rings. The van der Waals surface area contributed by atoms with Crippen LogP contribution in [0.4, 0.5) is 5.69 Å². The number of nitro groups is 1. The van der Waals surface area contributed by atoms with Crippen molar-refractivity contribution in [3.8, 4) is 11.3 Å². The first-order valence-electron chi connectivity index (χ1n) is 7.99. The smallest absolute Gasteiger partial charge is 0.273 e. The highest BCUT2D eigenvalue weighted by Gasteiger charge is 2.16. The van der Waals surface area contributed by atoms with Crippen LogP contribution >= 0.6 is 23.2 Å². The standard InChI is InChI=1S/C19H13Cl2N3O4/c1-11-14(3-2-4-17(11)24(26)27)18-8-6-13(28-18)10-22-23-19(25)15-7-5-12(20)9-16(15)21/h2-10H,1H3,(H,23,25)/b22-10-. The van der Waals surface area contributed by atoms with Crippen LogP contribution in [0, 0.1) is 17.0 Å². The molecule has 1 aromatic heterocycles. The summed E-state index contributed by atoms with van der Waals surface area (Å²) in [7, 11) is 0. The highest BCUT2D eigenvalue weighted by molar-refractivity contribution is 6.36. The summed E-state index contributed by atoms with van der Waals surface area (Å²) in [5.74, 6) is 0.317. The molecule has 1 amide bonds. The lowest BCUT2D eigenvalue weighted by atomic mass is 10.1. The number of nitrogens with zero attached hydrogens (tertiary/aromatic N) is 2. The molecule has 0 fully saturated rings. The SMILES string of the molecule is Cc1c(-c2ccc(/C=N\NC(=O)c3ccc(Cl)cc3Cl)o2)cccc1[N+](=O)[O-]. The van der Waals surface area contributed by atoms with Crippen molar-refractivity contribution in [3.63, 3.8) is 0 Å². The summed E-state index contributed by atoms with van der Waals surface area (Å²) >= 11 is 11.8. The van der Waals surface area contributed by atoms with Crippen molar-refractivity contribution >= 4 is 41.0 Å². The normalized spacial score (nSPS) is 11.0. The highest BCUT2D eigenvalue weighted by Crippen LogP contribution is 2.30. The summed E-state index contributed by atoms with van der Waals surface area (Å²) in [5.41, 5.74) is 3.69. The molecule has 28 heavy (non-hydrogen) atoms. The van der Waals surface area contributed by atoms with Gasteiger partial charge in [0.05, 0.1) is 21.7 Å². The van der Waals surface area contributed by atoms with Gasteiger partial charge in [0.15, 0.2) is 0 Å². The number of amides is 1. The molecule has 7 nitrogen and oxygen atoms in total. The largest absolute Gasteiger partial charge is 0.455 e. The third-order valence-electron chi connectivity index (χ3n) is 3.93. The van der Waals surface area contributed by atoms with E-state index in [1.807, 2.05) is 0 Å². The maximum atomic E-state index is 12.1. The predicted octanol–water partition coefficient (Wildman–Crippen LogP) is 5.23. The molecule has 0 bridgehead atoms. The molecule has 1 heterocycles. The summed E-state index contributed by atoms with van der Waals surface area (Å²) in [4.78, 5) is 22.7. The zero-order valence-corrected chi connectivity index (χ0v) is 16.0. The van der Waals surface area contributed by atoms with Gasteiger partial charge in [-0.3, -0.25) is 14.9 Å². The molecule has 0 radical (unpaired) electrons. The quantitative estimate of drug-likeness (QED) is 0.348. The number of rotatable bonds is 5. The molecule has 9 heteroatoms. The van der Waals surface area contributed by atoms with Gasteiger partial charge in [-0.05, 0) is 37.3 Å². The van der Waals surface area contributed by atoms with Crippen LogP contribution in [0.3, 0.4) is 0 Å². The molecule has 0 atom stereocenters. The van der Waals surface area contributed by atoms with Gasteiger partial charge < -0.3 is 4.42 Å². The number of halogens is 2. The van der Waals surface area contributed by atoms with E-state index in [1.54, 1.807) is 37.3 Å². The fraction of sp³-hybridized carbons (Fsp3) is 0.0526. The Balaban J connectivity index is 1.74. The lowest BCUT2D eigenvalue weighted by molar-refractivity contribution is -0.385. The topological polar surface area (TPSA) is 97.7 Å². The number of furan rings is 1. The molecule has 3 rings (SSSR count). The van der Waals surface area contributed by atoms with Crippen LogP contribution in [0.2, 0.25) is 10.0 Å². The Morgan fingerprint density at radius 2 is 2.00 bits per heavy atom. The van der Waals surface area contributed by atoms with E-state index in [1.165, 1.54) is 24.4 Å². The van der Waals surface area contributed by atoms with Crippen LogP contribution in [0.15, 0.2) is 58.0 Å².